The zero-order valence-electron chi connectivity index (χ0n) is 38.0. The van der Waals surface area contributed by atoms with E-state index in [-0.39, 0.29) is 0 Å². The van der Waals surface area contributed by atoms with Crippen LogP contribution in [-0.4, -0.2) is 31.8 Å². The Morgan fingerprint density at radius 3 is 1.31 bits per heavy atom. The molecule has 13 aromatic rings. The summed E-state index contributed by atoms with van der Waals surface area (Å²) >= 11 is 3.76. The van der Waals surface area contributed by atoms with Crippen LogP contribution in [0.1, 0.15) is 0 Å². The molecule has 0 spiro atoms. The monoisotopic (exact) mass is 961 g/mol. The third kappa shape index (κ3) is 7.42. The van der Waals surface area contributed by atoms with Gasteiger partial charge in [0.1, 0.15) is 8.80 Å². The topological polar surface area (TPSA) is 38.7 Å². The van der Waals surface area contributed by atoms with Crippen LogP contribution in [-0.2, 0) is 0 Å². The van der Waals surface area contributed by atoms with Gasteiger partial charge in [-0.05, 0) is 45.0 Å². The Balaban J connectivity index is 0.984. The molecule has 1 atom stereocenters. The van der Waals surface area contributed by atoms with Crippen molar-refractivity contribution in [3.8, 4) is 34.2 Å². The molecule has 0 N–H and O–H groups in total. The lowest BCUT2D eigenvalue weighted by atomic mass is 10.1. The molecule has 70 heavy (non-hydrogen) atoms. The summed E-state index contributed by atoms with van der Waals surface area (Å²) in [4.78, 5) is 16.0. The maximum Gasteiger partial charge on any atom is 0.179 e. The molecule has 0 aliphatic heterocycles. The second-order valence-corrected chi connectivity index (χ2v) is 26.7. The van der Waals surface area contributed by atoms with Crippen molar-refractivity contribution in [3.05, 3.63) is 255 Å². The van der Waals surface area contributed by atoms with Crippen molar-refractivity contribution < 1.29 is 0 Å². The third-order valence-electron chi connectivity index (χ3n) is 13.8. The van der Waals surface area contributed by atoms with Gasteiger partial charge in [-0.1, -0.05) is 246 Å². The zero-order chi connectivity index (χ0) is 46.4. The Morgan fingerprint density at radius 1 is 0.271 bits per heavy atom. The molecule has 10 aromatic carbocycles. The predicted molar refractivity (Wildman–Crippen MR) is 304 cm³/mol. The SMILES string of the molecule is c1ccc(-c2nc(-c3cccc([SiH](c4ccccc4)c4ccc5c(c4)sc4ccccc45)c3)nc(-c3cccc([Si](c4ccccc4)(c4ccccc4)c4ccc5c(c4)sc4ccccc45)c3)n2)cc1. The first kappa shape index (κ1) is 42.2. The molecular weight excluding hydrogens is 919 g/mol. The van der Waals surface area contributed by atoms with Crippen molar-refractivity contribution in [2.75, 3.05) is 0 Å². The Labute approximate surface area is 417 Å². The summed E-state index contributed by atoms with van der Waals surface area (Å²) in [5.41, 5.74) is 2.87. The van der Waals surface area contributed by atoms with Gasteiger partial charge in [0.2, 0.25) is 0 Å². The fourth-order valence-corrected chi connectivity index (χ4v) is 20.9. The smallest absolute Gasteiger partial charge is 0.179 e. The standard InChI is InChI=1S/C63H43N3S2Si2/c1-5-19-43(20-6-1)61-64-62(44-21-17-25-47(39-44)69(46-23-7-2-8-24-46)48-35-37-55-53-31-13-15-33-57(53)67-59(55)41-48)66-63(65-61)45-22-18-30-51(40-45)70(49-26-9-3-10-27-49,50-28-11-4-12-29-50)52-36-38-56-54-32-14-16-34-58(54)68-60(56)42-52/h1-42,69H. The first-order chi connectivity index (χ1) is 34.7. The molecule has 3 nitrogen and oxygen atoms in total. The van der Waals surface area contributed by atoms with E-state index < -0.39 is 16.9 Å². The Bertz CT molecular complexity index is 3990. The van der Waals surface area contributed by atoms with Crippen LogP contribution in [0.15, 0.2) is 255 Å². The summed E-state index contributed by atoms with van der Waals surface area (Å²) in [6.45, 7) is 0. The van der Waals surface area contributed by atoms with E-state index in [9.17, 15) is 0 Å². The quantitative estimate of drug-likeness (QED) is 0.101. The van der Waals surface area contributed by atoms with Crippen molar-refractivity contribution in [2.24, 2.45) is 0 Å². The van der Waals surface area contributed by atoms with E-state index in [0.717, 1.165) is 16.7 Å². The van der Waals surface area contributed by atoms with Gasteiger partial charge in [-0.3, -0.25) is 0 Å². The summed E-state index contributed by atoms with van der Waals surface area (Å²) < 4.78 is 5.25. The van der Waals surface area contributed by atoms with Gasteiger partial charge in [-0.25, -0.2) is 15.0 Å². The minimum absolute atomic E-state index is 0.646. The molecule has 0 aliphatic carbocycles. The van der Waals surface area contributed by atoms with Crippen LogP contribution in [0.25, 0.3) is 74.5 Å². The number of thiophene rings is 2. The van der Waals surface area contributed by atoms with E-state index in [1.54, 1.807) is 0 Å². The highest BCUT2D eigenvalue weighted by Gasteiger charge is 2.42. The minimum Gasteiger partial charge on any atom is -0.208 e. The minimum atomic E-state index is -2.96. The number of fused-ring (bicyclic) bond motifs is 6. The van der Waals surface area contributed by atoms with E-state index in [1.165, 1.54) is 76.7 Å². The molecule has 0 aliphatic rings. The van der Waals surface area contributed by atoms with Gasteiger partial charge in [-0.15, -0.1) is 22.7 Å². The zero-order valence-corrected chi connectivity index (χ0v) is 41.8. The lowest BCUT2D eigenvalue weighted by molar-refractivity contribution is 1.07. The molecule has 3 aromatic heterocycles. The molecule has 0 saturated carbocycles. The highest BCUT2D eigenvalue weighted by molar-refractivity contribution is 7.26. The lowest BCUT2D eigenvalue weighted by Crippen LogP contribution is -2.74. The van der Waals surface area contributed by atoms with E-state index >= 15 is 0 Å². The van der Waals surface area contributed by atoms with Gasteiger partial charge < -0.3 is 0 Å². The van der Waals surface area contributed by atoms with Crippen molar-refractivity contribution in [3.63, 3.8) is 0 Å². The third-order valence-corrected chi connectivity index (χ3v) is 23.9. The largest absolute Gasteiger partial charge is 0.208 e. The summed E-state index contributed by atoms with van der Waals surface area (Å²) in [6, 6.07) is 93.7. The molecule has 7 heteroatoms. The first-order valence-electron chi connectivity index (χ1n) is 23.7. The van der Waals surface area contributed by atoms with Crippen LogP contribution in [0.3, 0.4) is 0 Å². The second kappa shape index (κ2) is 17.9. The predicted octanol–water partition coefficient (Wildman–Crippen LogP) is 11.2. The van der Waals surface area contributed by atoms with Crippen LogP contribution >= 0.6 is 22.7 Å². The van der Waals surface area contributed by atoms with E-state index in [2.05, 4.69) is 249 Å². The molecule has 0 bridgehead atoms. The Kier molecular flexibility index (Phi) is 10.8. The average Bonchev–Trinajstić information content (AvgIpc) is 4.00. The number of hydrogen-bond donors (Lipinski definition) is 0. The molecule has 0 amide bonds. The molecule has 330 valence electrons. The number of aromatic nitrogens is 3. The van der Waals surface area contributed by atoms with Gasteiger partial charge in [0.15, 0.2) is 25.5 Å². The second-order valence-electron chi connectivity index (χ2n) is 17.9. The fraction of sp³-hybridized carbons (Fsp3) is 0. The summed E-state index contributed by atoms with van der Waals surface area (Å²) in [5, 5.41) is 14.5. The van der Waals surface area contributed by atoms with E-state index in [0.29, 0.717) is 17.5 Å². The molecule has 3 heterocycles. The number of benzene rings is 10. The first-order valence-corrected chi connectivity index (χ1v) is 29.1. The highest BCUT2D eigenvalue weighted by atomic mass is 32.1. The van der Waals surface area contributed by atoms with E-state index in [1.807, 2.05) is 28.7 Å². The van der Waals surface area contributed by atoms with Crippen molar-refractivity contribution in [1.29, 1.82) is 0 Å². The van der Waals surface area contributed by atoms with Gasteiger partial charge >= 0.3 is 0 Å². The van der Waals surface area contributed by atoms with Gasteiger partial charge in [0.05, 0.1) is 0 Å². The molecular formula is C63H43N3S2Si2. The summed E-state index contributed by atoms with van der Waals surface area (Å²) in [5.74, 6) is 1.95. The van der Waals surface area contributed by atoms with Gasteiger partial charge in [0, 0.05) is 57.0 Å². The van der Waals surface area contributed by atoms with Crippen molar-refractivity contribution >= 4 is 116 Å². The lowest BCUT2D eigenvalue weighted by Gasteiger charge is -2.34. The molecule has 0 saturated heterocycles. The van der Waals surface area contributed by atoms with Gasteiger partial charge in [0.25, 0.3) is 0 Å². The molecule has 0 radical (unpaired) electrons. The van der Waals surface area contributed by atoms with Crippen molar-refractivity contribution in [2.45, 2.75) is 0 Å². The Hall–Kier alpha value is -7.92. The fourth-order valence-electron chi connectivity index (χ4n) is 10.6. The van der Waals surface area contributed by atoms with E-state index in [4.69, 9.17) is 15.0 Å². The summed E-state index contributed by atoms with van der Waals surface area (Å²) in [7, 11) is -4.91. The Morgan fingerprint density at radius 2 is 0.686 bits per heavy atom. The molecule has 13 rings (SSSR count). The normalized spacial score (nSPS) is 12.2. The molecule has 1 unspecified atom stereocenters. The summed E-state index contributed by atoms with van der Waals surface area (Å²) in [6.07, 6.45) is 0. The number of hydrogen-bond acceptors (Lipinski definition) is 5. The van der Waals surface area contributed by atoms with Crippen LogP contribution in [0.2, 0.25) is 0 Å². The maximum atomic E-state index is 5.43. The highest BCUT2D eigenvalue weighted by Crippen LogP contribution is 2.35. The maximum absolute atomic E-state index is 5.43. The van der Waals surface area contributed by atoms with Crippen LogP contribution in [0.5, 0.6) is 0 Å². The number of rotatable bonds is 10. The van der Waals surface area contributed by atoms with Crippen LogP contribution in [0.4, 0.5) is 0 Å². The van der Waals surface area contributed by atoms with Crippen LogP contribution < -0.4 is 36.3 Å². The number of nitrogens with zero attached hydrogens (tertiary/aromatic N) is 3. The van der Waals surface area contributed by atoms with Crippen LogP contribution in [0, 0.1) is 0 Å². The van der Waals surface area contributed by atoms with Crippen molar-refractivity contribution in [1.82, 2.24) is 15.0 Å². The molecule has 0 fully saturated rings. The average molecular weight is 962 g/mol. The van der Waals surface area contributed by atoms with Gasteiger partial charge in [-0.2, -0.15) is 0 Å².